The number of aromatic nitrogens is 1. The minimum absolute atomic E-state index is 0.0324. The molecule has 160 valence electrons. The van der Waals surface area contributed by atoms with Crippen LogP contribution in [0.4, 0.5) is 0 Å². The molecular formula is C21H25N3O5S. The number of hydrogen-bond donors (Lipinski definition) is 2. The summed E-state index contributed by atoms with van der Waals surface area (Å²) in [5.41, 5.74) is 0.0280. The largest absolute Gasteiger partial charge is 0.382 e. The van der Waals surface area contributed by atoms with Crippen LogP contribution in [0.1, 0.15) is 27.2 Å². The number of carbonyl (C=O) groups is 3. The summed E-state index contributed by atoms with van der Waals surface area (Å²) in [5, 5.41) is 6.19. The summed E-state index contributed by atoms with van der Waals surface area (Å²) in [6.07, 6.45) is 1.79. The molecule has 0 radical (unpaired) electrons. The molecule has 1 aliphatic rings. The number of rotatable bonds is 10. The Morgan fingerprint density at radius 3 is 2.50 bits per heavy atom. The van der Waals surface area contributed by atoms with Crippen LogP contribution in [0.15, 0.2) is 36.5 Å². The highest BCUT2D eigenvalue weighted by Gasteiger charge is 2.50. The lowest BCUT2D eigenvalue weighted by Gasteiger charge is -2.23. The Balaban J connectivity index is 1.72. The van der Waals surface area contributed by atoms with Crippen molar-refractivity contribution in [1.82, 2.24) is 15.6 Å². The van der Waals surface area contributed by atoms with Crippen LogP contribution in [-0.4, -0.2) is 60.6 Å². The van der Waals surface area contributed by atoms with Gasteiger partial charge in [-0.15, -0.1) is 11.3 Å². The van der Waals surface area contributed by atoms with E-state index in [9.17, 15) is 14.4 Å². The van der Waals surface area contributed by atoms with Gasteiger partial charge in [-0.05, 0) is 25.8 Å². The zero-order chi connectivity index (χ0) is 21.7. The normalized spacial score (nSPS) is 19.6. The van der Waals surface area contributed by atoms with E-state index in [1.807, 2.05) is 30.3 Å². The first-order valence-electron chi connectivity index (χ1n) is 9.57. The van der Waals surface area contributed by atoms with Crippen molar-refractivity contribution in [3.8, 4) is 0 Å². The maximum Gasteiger partial charge on any atom is 0.263 e. The summed E-state index contributed by atoms with van der Waals surface area (Å²) in [6, 6.07) is 7.68. The van der Waals surface area contributed by atoms with Gasteiger partial charge in [0.25, 0.3) is 5.91 Å². The Kier molecular flexibility index (Phi) is 6.96. The van der Waals surface area contributed by atoms with Crippen LogP contribution < -0.4 is 10.6 Å². The van der Waals surface area contributed by atoms with E-state index in [-0.39, 0.29) is 12.4 Å². The SMILES string of the molecule is COC[C@H](NC(=O)c1cnc(C)s1)C(=O)N[C@@H](Cc1ccccc1)C(=O)[C@@]1(C)CO1. The van der Waals surface area contributed by atoms with Crippen LogP contribution in [0.5, 0.6) is 0 Å². The monoisotopic (exact) mass is 431 g/mol. The van der Waals surface area contributed by atoms with E-state index in [0.717, 1.165) is 10.6 Å². The highest BCUT2D eigenvalue weighted by molar-refractivity contribution is 7.13. The van der Waals surface area contributed by atoms with Gasteiger partial charge >= 0.3 is 0 Å². The molecule has 0 saturated carbocycles. The molecule has 2 N–H and O–H groups in total. The highest BCUT2D eigenvalue weighted by Crippen LogP contribution is 2.29. The summed E-state index contributed by atoms with van der Waals surface area (Å²) in [4.78, 5) is 42.8. The van der Waals surface area contributed by atoms with E-state index in [4.69, 9.17) is 9.47 Å². The van der Waals surface area contributed by atoms with E-state index in [0.29, 0.717) is 17.9 Å². The molecule has 1 fully saturated rings. The van der Waals surface area contributed by atoms with E-state index in [2.05, 4.69) is 15.6 Å². The number of amides is 2. The molecule has 1 saturated heterocycles. The van der Waals surface area contributed by atoms with Gasteiger partial charge in [-0.25, -0.2) is 4.98 Å². The smallest absolute Gasteiger partial charge is 0.263 e. The summed E-state index contributed by atoms with van der Waals surface area (Å²) >= 11 is 1.23. The van der Waals surface area contributed by atoms with Crippen molar-refractivity contribution in [2.75, 3.05) is 20.3 Å². The first-order chi connectivity index (χ1) is 14.3. The van der Waals surface area contributed by atoms with Gasteiger partial charge in [0, 0.05) is 7.11 Å². The second-order valence-corrected chi connectivity index (χ2v) is 8.59. The van der Waals surface area contributed by atoms with Gasteiger partial charge in [-0.3, -0.25) is 14.4 Å². The average Bonchev–Trinajstić information content (AvgIpc) is 3.33. The Morgan fingerprint density at radius 2 is 1.93 bits per heavy atom. The number of ether oxygens (including phenoxy) is 2. The highest BCUT2D eigenvalue weighted by atomic mass is 32.1. The van der Waals surface area contributed by atoms with Gasteiger partial charge < -0.3 is 20.1 Å². The number of nitrogens with one attached hydrogen (secondary N) is 2. The molecule has 2 heterocycles. The molecule has 2 amide bonds. The molecule has 9 heteroatoms. The molecule has 0 bridgehead atoms. The lowest BCUT2D eigenvalue weighted by Crippen LogP contribution is -2.55. The predicted molar refractivity (Wildman–Crippen MR) is 111 cm³/mol. The Hall–Kier alpha value is -2.62. The number of hydrogen-bond acceptors (Lipinski definition) is 7. The zero-order valence-corrected chi connectivity index (χ0v) is 18.0. The van der Waals surface area contributed by atoms with Gasteiger partial charge in [0.1, 0.15) is 16.5 Å². The predicted octanol–water partition coefficient (Wildman–Crippen LogP) is 1.28. The molecular weight excluding hydrogens is 406 g/mol. The first-order valence-corrected chi connectivity index (χ1v) is 10.4. The molecule has 1 aliphatic heterocycles. The summed E-state index contributed by atoms with van der Waals surface area (Å²) in [5.74, 6) is -1.11. The number of thiazole rings is 1. The lowest BCUT2D eigenvalue weighted by atomic mass is 9.94. The fraction of sp³-hybridized carbons (Fsp3) is 0.429. The molecule has 0 spiro atoms. The van der Waals surface area contributed by atoms with E-state index in [1.54, 1.807) is 13.8 Å². The first kappa shape index (κ1) is 22.1. The third-order valence-corrected chi connectivity index (χ3v) is 5.73. The fourth-order valence-corrected chi connectivity index (χ4v) is 3.68. The summed E-state index contributed by atoms with van der Waals surface area (Å²) in [6.45, 7) is 3.80. The van der Waals surface area contributed by atoms with Crippen LogP contribution in [0.3, 0.4) is 0 Å². The third-order valence-electron chi connectivity index (χ3n) is 4.81. The second kappa shape index (κ2) is 9.46. The van der Waals surface area contributed by atoms with E-state index in [1.165, 1.54) is 24.6 Å². The van der Waals surface area contributed by atoms with Crippen LogP contribution in [0, 0.1) is 6.92 Å². The van der Waals surface area contributed by atoms with Gasteiger partial charge in [-0.2, -0.15) is 0 Å². The molecule has 0 unspecified atom stereocenters. The molecule has 3 atom stereocenters. The van der Waals surface area contributed by atoms with Crippen molar-refractivity contribution < 1.29 is 23.9 Å². The molecule has 1 aromatic carbocycles. The number of carbonyl (C=O) groups excluding carboxylic acids is 3. The van der Waals surface area contributed by atoms with Crippen molar-refractivity contribution in [2.24, 2.45) is 0 Å². The molecule has 30 heavy (non-hydrogen) atoms. The standard InChI is InChI=1S/C21H25N3O5S/c1-13-22-10-17(30-13)20(27)24-16(11-28-3)19(26)23-15(18(25)21(2)12-29-21)9-14-7-5-4-6-8-14/h4-8,10,15-16H,9,11-12H2,1-3H3,(H,23,26)(H,24,27)/t15-,16-,21+/m0/s1. The minimum Gasteiger partial charge on any atom is -0.382 e. The van der Waals surface area contributed by atoms with Crippen LogP contribution >= 0.6 is 11.3 Å². The molecule has 3 rings (SSSR count). The maximum absolute atomic E-state index is 12.9. The minimum atomic E-state index is -0.955. The molecule has 0 aliphatic carbocycles. The van der Waals surface area contributed by atoms with Gasteiger partial charge in [0.05, 0.1) is 30.5 Å². The number of ketones is 1. The van der Waals surface area contributed by atoms with Crippen molar-refractivity contribution in [1.29, 1.82) is 0 Å². The topological polar surface area (TPSA) is 110 Å². The Morgan fingerprint density at radius 1 is 1.23 bits per heavy atom. The Labute approximate surface area is 179 Å². The lowest BCUT2D eigenvalue weighted by molar-refractivity contribution is -0.131. The number of benzene rings is 1. The van der Waals surface area contributed by atoms with Gasteiger partial charge in [-0.1, -0.05) is 30.3 Å². The molecule has 8 nitrogen and oxygen atoms in total. The van der Waals surface area contributed by atoms with Crippen LogP contribution in [0.2, 0.25) is 0 Å². The second-order valence-electron chi connectivity index (χ2n) is 7.36. The van der Waals surface area contributed by atoms with E-state index >= 15 is 0 Å². The van der Waals surface area contributed by atoms with Gasteiger partial charge in [0.2, 0.25) is 5.91 Å². The third kappa shape index (κ3) is 5.50. The molecule has 1 aromatic heterocycles. The summed E-state index contributed by atoms with van der Waals surface area (Å²) < 4.78 is 10.4. The van der Waals surface area contributed by atoms with Crippen molar-refractivity contribution in [3.63, 3.8) is 0 Å². The number of Topliss-reactive ketones (excluding diaryl/α,β-unsaturated/α-hetero) is 1. The maximum atomic E-state index is 12.9. The number of methoxy groups -OCH3 is 1. The van der Waals surface area contributed by atoms with E-state index < -0.39 is 29.5 Å². The Bertz CT molecular complexity index is 910. The molecule has 2 aromatic rings. The average molecular weight is 432 g/mol. The fourth-order valence-electron chi connectivity index (χ4n) is 3.00. The number of epoxide rings is 1. The number of nitrogens with zero attached hydrogens (tertiary/aromatic N) is 1. The van der Waals surface area contributed by atoms with Crippen molar-refractivity contribution >= 4 is 28.9 Å². The van der Waals surface area contributed by atoms with Crippen LogP contribution in [-0.2, 0) is 25.5 Å². The number of aryl methyl sites for hydroxylation is 1. The summed E-state index contributed by atoms with van der Waals surface area (Å²) in [7, 11) is 1.44. The van der Waals surface area contributed by atoms with Gasteiger partial charge in [0.15, 0.2) is 5.78 Å². The zero-order valence-electron chi connectivity index (χ0n) is 17.1. The quantitative estimate of drug-likeness (QED) is 0.549. The van der Waals surface area contributed by atoms with Crippen molar-refractivity contribution in [2.45, 2.75) is 38.0 Å². The van der Waals surface area contributed by atoms with Crippen LogP contribution in [0.25, 0.3) is 0 Å². The van der Waals surface area contributed by atoms with Crippen molar-refractivity contribution in [3.05, 3.63) is 52.0 Å².